The van der Waals surface area contributed by atoms with E-state index in [0.717, 1.165) is 32.4 Å². The standard InChI is InChI=1S/C12H20N4O/c1-3-12(6-4-7-13-9-12)11(17)14-10-5-8-16(2)15-10/h5,8,13H,3-4,6-7,9H2,1-2H3,(H,14,15,17). The van der Waals surface area contributed by atoms with Gasteiger partial charge in [-0.15, -0.1) is 0 Å². The van der Waals surface area contributed by atoms with Gasteiger partial charge in [0.25, 0.3) is 0 Å². The van der Waals surface area contributed by atoms with Crippen molar-refractivity contribution in [1.82, 2.24) is 15.1 Å². The lowest BCUT2D eigenvalue weighted by atomic mass is 9.77. The zero-order valence-corrected chi connectivity index (χ0v) is 10.5. The van der Waals surface area contributed by atoms with Crippen LogP contribution < -0.4 is 10.6 Å². The number of piperidine rings is 1. The summed E-state index contributed by atoms with van der Waals surface area (Å²) in [6.45, 7) is 3.85. The molecule has 1 aromatic rings. The second kappa shape index (κ2) is 4.87. The maximum atomic E-state index is 12.3. The molecule has 0 saturated carbocycles. The first kappa shape index (κ1) is 12.1. The minimum absolute atomic E-state index is 0.0888. The van der Waals surface area contributed by atoms with Crippen LogP contribution in [0.2, 0.25) is 0 Å². The van der Waals surface area contributed by atoms with Gasteiger partial charge in [-0.2, -0.15) is 5.10 Å². The summed E-state index contributed by atoms with van der Waals surface area (Å²) in [7, 11) is 1.84. The number of nitrogens with zero attached hydrogens (tertiary/aromatic N) is 2. The van der Waals surface area contributed by atoms with Gasteiger partial charge in [0.15, 0.2) is 5.82 Å². The Kier molecular flexibility index (Phi) is 3.47. The van der Waals surface area contributed by atoms with Crippen molar-refractivity contribution < 1.29 is 4.79 Å². The van der Waals surface area contributed by atoms with Crippen LogP contribution in [0.15, 0.2) is 12.3 Å². The zero-order chi connectivity index (χ0) is 12.3. The van der Waals surface area contributed by atoms with Gasteiger partial charge in [-0.25, -0.2) is 0 Å². The lowest BCUT2D eigenvalue weighted by Gasteiger charge is -2.35. The highest BCUT2D eigenvalue weighted by atomic mass is 16.2. The summed E-state index contributed by atoms with van der Waals surface area (Å²) in [6, 6.07) is 1.82. The quantitative estimate of drug-likeness (QED) is 0.827. The third-order valence-corrected chi connectivity index (χ3v) is 3.59. The predicted octanol–water partition coefficient (Wildman–Crippen LogP) is 1.14. The first-order chi connectivity index (χ1) is 8.16. The van der Waals surface area contributed by atoms with Gasteiger partial charge in [0.05, 0.1) is 5.41 Å². The molecule has 1 aliphatic heterocycles. The fraction of sp³-hybridized carbons (Fsp3) is 0.667. The van der Waals surface area contributed by atoms with Crippen LogP contribution in [0.4, 0.5) is 5.82 Å². The predicted molar refractivity (Wildman–Crippen MR) is 66.7 cm³/mol. The Hall–Kier alpha value is -1.36. The first-order valence-electron chi connectivity index (χ1n) is 6.18. The second-order valence-electron chi connectivity index (χ2n) is 4.74. The molecule has 5 heteroatoms. The van der Waals surface area contributed by atoms with E-state index in [-0.39, 0.29) is 11.3 Å². The molecule has 1 aliphatic rings. The number of carbonyl (C=O) groups is 1. The summed E-state index contributed by atoms with van der Waals surface area (Å²) in [5.41, 5.74) is -0.268. The van der Waals surface area contributed by atoms with Crippen LogP contribution in [0.3, 0.4) is 0 Å². The second-order valence-corrected chi connectivity index (χ2v) is 4.74. The van der Waals surface area contributed by atoms with Crippen LogP contribution in [0.25, 0.3) is 0 Å². The van der Waals surface area contributed by atoms with Crippen molar-refractivity contribution in [2.45, 2.75) is 26.2 Å². The van der Waals surface area contributed by atoms with Crippen molar-refractivity contribution >= 4 is 11.7 Å². The van der Waals surface area contributed by atoms with E-state index < -0.39 is 0 Å². The number of rotatable bonds is 3. The summed E-state index contributed by atoms with van der Waals surface area (Å²) in [4.78, 5) is 12.3. The SMILES string of the molecule is CCC1(C(=O)Nc2ccn(C)n2)CCCNC1. The summed E-state index contributed by atoms with van der Waals surface area (Å²) in [5.74, 6) is 0.724. The number of aryl methyl sites for hydroxylation is 1. The highest BCUT2D eigenvalue weighted by Gasteiger charge is 2.37. The van der Waals surface area contributed by atoms with Gasteiger partial charge in [-0.3, -0.25) is 9.48 Å². The topological polar surface area (TPSA) is 59.0 Å². The fourth-order valence-corrected chi connectivity index (χ4v) is 2.35. The van der Waals surface area contributed by atoms with Crippen molar-refractivity contribution in [3.8, 4) is 0 Å². The summed E-state index contributed by atoms with van der Waals surface area (Å²) >= 11 is 0. The number of hydrogen-bond acceptors (Lipinski definition) is 3. The molecule has 0 aliphatic carbocycles. The molecule has 1 fully saturated rings. The van der Waals surface area contributed by atoms with Gasteiger partial charge >= 0.3 is 0 Å². The van der Waals surface area contributed by atoms with Gasteiger partial charge in [0.2, 0.25) is 5.91 Å². The van der Waals surface area contributed by atoms with Crippen molar-refractivity contribution in [1.29, 1.82) is 0 Å². The Labute approximate surface area is 102 Å². The molecule has 17 heavy (non-hydrogen) atoms. The Balaban J connectivity index is 2.07. The molecular formula is C12H20N4O. The maximum absolute atomic E-state index is 12.3. The maximum Gasteiger partial charge on any atom is 0.233 e. The molecule has 0 aromatic carbocycles. The van der Waals surface area contributed by atoms with Crippen LogP contribution in [0.5, 0.6) is 0 Å². The third kappa shape index (κ3) is 2.49. The number of aromatic nitrogens is 2. The summed E-state index contributed by atoms with van der Waals surface area (Å²) < 4.78 is 1.69. The third-order valence-electron chi connectivity index (χ3n) is 3.59. The average Bonchev–Trinajstić information content (AvgIpc) is 2.75. The number of nitrogens with one attached hydrogen (secondary N) is 2. The Morgan fingerprint density at radius 2 is 2.53 bits per heavy atom. The van der Waals surface area contributed by atoms with Crippen LogP contribution in [0, 0.1) is 5.41 Å². The van der Waals surface area contributed by atoms with E-state index in [2.05, 4.69) is 22.7 Å². The molecule has 2 N–H and O–H groups in total. The monoisotopic (exact) mass is 236 g/mol. The van der Waals surface area contributed by atoms with Crippen molar-refractivity contribution in [2.24, 2.45) is 12.5 Å². The van der Waals surface area contributed by atoms with Crippen molar-refractivity contribution in [3.63, 3.8) is 0 Å². The van der Waals surface area contributed by atoms with Crippen molar-refractivity contribution in [3.05, 3.63) is 12.3 Å². The molecule has 1 unspecified atom stereocenters. The molecule has 2 heterocycles. The van der Waals surface area contributed by atoms with Gasteiger partial charge in [-0.05, 0) is 25.8 Å². The molecule has 0 radical (unpaired) electrons. The van der Waals surface area contributed by atoms with E-state index in [9.17, 15) is 4.79 Å². The van der Waals surface area contributed by atoms with Gasteiger partial charge in [-0.1, -0.05) is 6.92 Å². The van der Waals surface area contributed by atoms with Crippen LogP contribution in [-0.4, -0.2) is 28.8 Å². The summed E-state index contributed by atoms with van der Waals surface area (Å²) in [5, 5.41) is 10.4. The lowest BCUT2D eigenvalue weighted by Crippen LogP contribution is -2.47. The van der Waals surface area contributed by atoms with E-state index in [0.29, 0.717) is 5.82 Å². The normalized spacial score (nSPS) is 24.6. The van der Waals surface area contributed by atoms with Gasteiger partial charge in [0, 0.05) is 25.9 Å². The Morgan fingerprint density at radius 3 is 3.06 bits per heavy atom. The first-order valence-corrected chi connectivity index (χ1v) is 6.18. The average molecular weight is 236 g/mol. The fourth-order valence-electron chi connectivity index (χ4n) is 2.35. The number of hydrogen-bond donors (Lipinski definition) is 2. The molecule has 1 atom stereocenters. The number of anilines is 1. The van der Waals surface area contributed by atoms with E-state index in [1.165, 1.54) is 0 Å². The Morgan fingerprint density at radius 1 is 1.71 bits per heavy atom. The summed E-state index contributed by atoms with van der Waals surface area (Å²) in [6.07, 6.45) is 4.70. The zero-order valence-electron chi connectivity index (χ0n) is 10.5. The number of carbonyl (C=O) groups excluding carboxylic acids is 1. The van der Waals surface area contributed by atoms with E-state index in [1.807, 2.05) is 19.3 Å². The molecule has 1 amide bonds. The minimum atomic E-state index is -0.268. The number of amides is 1. The molecule has 5 nitrogen and oxygen atoms in total. The molecule has 2 rings (SSSR count). The molecule has 1 aromatic heterocycles. The van der Waals surface area contributed by atoms with Gasteiger partial charge < -0.3 is 10.6 Å². The van der Waals surface area contributed by atoms with E-state index >= 15 is 0 Å². The van der Waals surface area contributed by atoms with E-state index in [4.69, 9.17) is 0 Å². The highest BCUT2D eigenvalue weighted by molar-refractivity contribution is 5.94. The molecule has 0 spiro atoms. The Bertz CT molecular complexity index is 393. The highest BCUT2D eigenvalue weighted by Crippen LogP contribution is 2.31. The van der Waals surface area contributed by atoms with Crippen molar-refractivity contribution in [2.75, 3.05) is 18.4 Å². The smallest absolute Gasteiger partial charge is 0.233 e. The van der Waals surface area contributed by atoms with Crippen LogP contribution in [0.1, 0.15) is 26.2 Å². The van der Waals surface area contributed by atoms with Gasteiger partial charge in [0.1, 0.15) is 0 Å². The van der Waals surface area contributed by atoms with Crippen LogP contribution >= 0.6 is 0 Å². The molecule has 94 valence electrons. The van der Waals surface area contributed by atoms with E-state index in [1.54, 1.807) is 4.68 Å². The molecule has 0 bridgehead atoms. The van der Waals surface area contributed by atoms with Crippen LogP contribution in [-0.2, 0) is 11.8 Å². The minimum Gasteiger partial charge on any atom is -0.316 e. The largest absolute Gasteiger partial charge is 0.316 e. The molecule has 1 saturated heterocycles. The lowest BCUT2D eigenvalue weighted by molar-refractivity contribution is -0.126. The molecular weight excluding hydrogens is 216 g/mol.